The molecule has 1 aromatic carbocycles. The highest BCUT2D eigenvalue weighted by molar-refractivity contribution is 5.95. The summed E-state index contributed by atoms with van der Waals surface area (Å²) < 4.78 is 5.39. The predicted octanol–water partition coefficient (Wildman–Crippen LogP) is 2.37. The molecular formula is C19H29N3O2. The fourth-order valence-electron chi connectivity index (χ4n) is 3.67. The van der Waals surface area contributed by atoms with Gasteiger partial charge in [0.2, 0.25) is 5.91 Å². The van der Waals surface area contributed by atoms with Crippen LogP contribution in [0.2, 0.25) is 0 Å². The van der Waals surface area contributed by atoms with Crippen LogP contribution in [0.25, 0.3) is 0 Å². The zero-order valence-electron chi connectivity index (χ0n) is 14.4. The monoisotopic (exact) mass is 331 g/mol. The summed E-state index contributed by atoms with van der Waals surface area (Å²) in [5, 5.41) is 3.09. The number of carbonyl (C=O) groups excluding carboxylic acids is 1. The van der Waals surface area contributed by atoms with Crippen LogP contribution in [0.15, 0.2) is 24.3 Å². The van der Waals surface area contributed by atoms with Gasteiger partial charge in [-0.1, -0.05) is 18.6 Å². The van der Waals surface area contributed by atoms with Crippen molar-refractivity contribution in [2.45, 2.75) is 38.6 Å². The van der Waals surface area contributed by atoms with Gasteiger partial charge in [-0.05, 0) is 56.5 Å². The molecular weight excluding hydrogens is 302 g/mol. The first-order chi connectivity index (χ1) is 11.7. The average Bonchev–Trinajstić information content (AvgIpc) is 2.63. The lowest BCUT2D eigenvalue weighted by Crippen LogP contribution is -2.46. The largest absolute Gasteiger partial charge is 0.381 e. The highest BCUT2D eigenvalue weighted by Gasteiger charge is 2.38. The van der Waals surface area contributed by atoms with Gasteiger partial charge in [-0.3, -0.25) is 9.69 Å². The summed E-state index contributed by atoms with van der Waals surface area (Å²) in [5.74, 6) is 0.0309. The van der Waals surface area contributed by atoms with E-state index >= 15 is 0 Å². The molecule has 2 aliphatic heterocycles. The van der Waals surface area contributed by atoms with Gasteiger partial charge in [-0.25, -0.2) is 0 Å². The second-order valence-corrected chi connectivity index (χ2v) is 7.09. The van der Waals surface area contributed by atoms with Crippen molar-refractivity contribution in [1.82, 2.24) is 4.90 Å². The van der Waals surface area contributed by atoms with Gasteiger partial charge in [0.05, 0.1) is 5.41 Å². The zero-order chi connectivity index (χ0) is 16.8. The SMILES string of the molecule is NCC1(C(=O)Nc2cccc(CN3CCCCC3)c2)CCOCC1. The Labute approximate surface area is 144 Å². The Kier molecular flexibility index (Phi) is 5.87. The van der Waals surface area contributed by atoms with Crippen LogP contribution in [-0.4, -0.2) is 43.7 Å². The smallest absolute Gasteiger partial charge is 0.232 e. The summed E-state index contributed by atoms with van der Waals surface area (Å²) in [6.07, 6.45) is 5.32. The third-order valence-electron chi connectivity index (χ3n) is 5.36. The van der Waals surface area contributed by atoms with Gasteiger partial charge in [0.25, 0.3) is 0 Å². The first-order valence-electron chi connectivity index (χ1n) is 9.12. The van der Waals surface area contributed by atoms with E-state index in [-0.39, 0.29) is 5.91 Å². The molecule has 0 saturated carbocycles. The Morgan fingerprint density at radius 1 is 1.21 bits per heavy atom. The summed E-state index contributed by atoms with van der Waals surface area (Å²) in [7, 11) is 0. The molecule has 2 heterocycles. The van der Waals surface area contributed by atoms with E-state index in [0.717, 1.165) is 12.2 Å². The van der Waals surface area contributed by atoms with Crippen LogP contribution < -0.4 is 11.1 Å². The molecule has 0 bridgehead atoms. The number of hydrogen-bond acceptors (Lipinski definition) is 4. The molecule has 132 valence electrons. The molecule has 2 saturated heterocycles. The van der Waals surface area contributed by atoms with Crippen LogP contribution in [0.5, 0.6) is 0 Å². The molecule has 0 radical (unpaired) electrons. The molecule has 2 aliphatic rings. The summed E-state index contributed by atoms with van der Waals surface area (Å²) in [6.45, 7) is 4.90. The fraction of sp³-hybridized carbons (Fsp3) is 0.632. The van der Waals surface area contributed by atoms with Crippen LogP contribution >= 0.6 is 0 Å². The second kappa shape index (κ2) is 8.10. The van der Waals surface area contributed by atoms with E-state index in [2.05, 4.69) is 22.3 Å². The minimum atomic E-state index is -0.485. The Bertz CT molecular complexity index is 549. The van der Waals surface area contributed by atoms with E-state index < -0.39 is 5.41 Å². The van der Waals surface area contributed by atoms with E-state index in [1.165, 1.54) is 37.9 Å². The Morgan fingerprint density at radius 2 is 1.96 bits per heavy atom. The van der Waals surface area contributed by atoms with E-state index in [4.69, 9.17) is 10.5 Å². The summed E-state index contributed by atoms with van der Waals surface area (Å²) in [6, 6.07) is 8.21. The lowest BCUT2D eigenvalue weighted by atomic mass is 9.79. The molecule has 1 aromatic rings. The molecule has 5 heteroatoms. The van der Waals surface area contributed by atoms with Gasteiger partial charge in [-0.15, -0.1) is 0 Å². The summed E-state index contributed by atoms with van der Waals surface area (Å²) >= 11 is 0. The van der Waals surface area contributed by atoms with Gasteiger partial charge in [0, 0.05) is 32.0 Å². The average molecular weight is 331 g/mol. The van der Waals surface area contributed by atoms with Crippen molar-refractivity contribution in [3.8, 4) is 0 Å². The van der Waals surface area contributed by atoms with Crippen molar-refractivity contribution >= 4 is 11.6 Å². The molecule has 0 aliphatic carbocycles. The number of carbonyl (C=O) groups is 1. The van der Waals surface area contributed by atoms with Gasteiger partial charge in [0.15, 0.2) is 0 Å². The maximum atomic E-state index is 12.8. The van der Waals surface area contributed by atoms with Gasteiger partial charge < -0.3 is 15.8 Å². The Morgan fingerprint density at radius 3 is 2.67 bits per heavy atom. The van der Waals surface area contributed by atoms with Crippen molar-refractivity contribution in [3.63, 3.8) is 0 Å². The maximum Gasteiger partial charge on any atom is 0.232 e. The summed E-state index contributed by atoms with van der Waals surface area (Å²) in [5.41, 5.74) is 7.56. The van der Waals surface area contributed by atoms with Gasteiger partial charge >= 0.3 is 0 Å². The first kappa shape index (κ1) is 17.4. The van der Waals surface area contributed by atoms with Crippen molar-refractivity contribution in [2.75, 3.05) is 38.2 Å². The van der Waals surface area contributed by atoms with Crippen LogP contribution in [0.4, 0.5) is 5.69 Å². The van der Waals surface area contributed by atoms with Crippen LogP contribution in [0.3, 0.4) is 0 Å². The van der Waals surface area contributed by atoms with E-state index in [1.54, 1.807) is 0 Å². The second-order valence-electron chi connectivity index (χ2n) is 7.09. The Hall–Kier alpha value is -1.43. The molecule has 24 heavy (non-hydrogen) atoms. The molecule has 5 nitrogen and oxygen atoms in total. The van der Waals surface area contributed by atoms with Crippen LogP contribution in [0.1, 0.15) is 37.7 Å². The molecule has 0 aromatic heterocycles. The third-order valence-corrected chi connectivity index (χ3v) is 5.36. The first-order valence-corrected chi connectivity index (χ1v) is 9.12. The number of rotatable bonds is 5. The van der Waals surface area contributed by atoms with Crippen molar-refractivity contribution in [2.24, 2.45) is 11.1 Å². The zero-order valence-corrected chi connectivity index (χ0v) is 14.4. The topological polar surface area (TPSA) is 67.6 Å². The third kappa shape index (κ3) is 4.15. The minimum absolute atomic E-state index is 0.0309. The highest BCUT2D eigenvalue weighted by Crippen LogP contribution is 2.31. The lowest BCUT2D eigenvalue weighted by Gasteiger charge is -2.34. The molecule has 0 unspecified atom stereocenters. The number of amides is 1. The maximum absolute atomic E-state index is 12.8. The van der Waals surface area contributed by atoms with Crippen LogP contribution in [0, 0.1) is 5.41 Å². The number of benzene rings is 1. The number of likely N-dealkylation sites (tertiary alicyclic amines) is 1. The van der Waals surface area contributed by atoms with Crippen LogP contribution in [-0.2, 0) is 16.1 Å². The predicted molar refractivity (Wildman–Crippen MR) is 95.7 cm³/mol. The number of nitrogens with one attached hydrogen (secondary N) is 1. The number of piperidine rings is 1. The number of nitrogens with zero attached hydrogens (tertiary/aromatic N) is 1. The van der Waals surface area contributed by atoms with Crippen molar-refractivity contribution in [3.05, 3.63) is 29.8 Å². The quantitative estimate of drug-likeness (QED) is 0.869. The fourth-order valence-corrected chi connectivity index (χ4v) is 3.67. The number of ether oxygens (including phenoxy) is 1. The molecule has 2 fully saturated rings. The van der Waals surface area contributed by atoms with Gasteiger partial charge in [0.1, 0.15) is 0 Å². The Balaban J connectivity index is 1.64. The van der Waals surface area contributed by atoms with Crippen molar-refractivity contribution < 1.29 is 9.53 Å². The van der Waals surface area contributed by atoms with Crippen molar-refractivity contribution in [1.29, 1.82) is 0 Å². The highest BCUT2D eigenvalue weighted by atomic mass is 16.5. The lowest BCUT2D eigenvalue weighted by molar-refractivity contribution is -0.130. The normalized spacial score (nSPS) is 21.4. The molecule has 0 spiro atoms. The molecule has 0 atom stereocenters. The van der Waals surface area contributed by atoms with E-state index in [0.29, 0.717) is 32.6 Å². The number of anilines is 1. The minimum Gasteiger partial charge on any atom is -0.381 e. The molecule has 3 rings (SSSR count). The molecule has 3 N–H and O–H groups in total. The summed E-state index contributed by atoms with van der Waals surface area (Å²) in [4.78, 5) is 15.3. The standard InChI is InChI=1S/C19H29N3O2/c20-15-19(7-11-24-12-8-19)18(23)21-17-6-4-5-16(13-17)14-22-9-2-1-3-10-22/h4-6,13H,1-3,7-12,14-15,20H2,(H,21,23). The number of hydrogen-bond donors (Lipinski definition) is 2. The van der Waals surface area contributed by atoms with Gasteiger partial charge in [-0.2, -0.15) is 0 Å². The van der Waals surface area contributed by atoms with E-state index in [9.17, 15) is 4.79 Å². The molecule has 1 amide bonds. The number of nitrogens with two attached hydrogens (primary N) is 1. The van der Waals surface area contributed by atoms with E-state index in [1.807, 2.05) is 12.1 Å².